The summed E-state index contributed by atoms with van der Waals surface area (Å²) in [5.74, 6) is 1.81. The third kappa shape index (κ3) is 8.00. The van der Waals surface area contributed by atoms with E-state index in [0.29, 0.717) is 12.1 Å². The van der Waals surface area contributed by atoms with Gasteiger partial charge in [0.25, 0.3) is 0 Å². The summed E-state index contributed by atoms with van der Waals surface area (Å²) >= 11 is 0. The molecule has 0 saturated carbocycles. The average Bonchev–Trinajstić information content (AvgIpc) is 2.73. The van der Waals surface area contributed by atoms with Crippen LogP contribution in [0.2, 0.25) is 0 Å². The lowest BCUT2D eigenvalue weighted by Crippen LogP contribution is -2.49. The molecule has 1 aromatic carbocycles. The van der Waals surface area contributed by atoms with Crippen LogP contribution in [-0.4, -0.2) is 61.1 Å². The molecule has 6 heteroatoms. The predicted molar refractivity (Wildman–Crippen MR) is 139 cm³/mol. The fraction of sp³-hybridized carbons (Fsp3) is 0.708. The molecule has 0 unspecified atom stereocenters. The summed E-state index contributed by atoms with van der Waals surface area (Å²) in [5, 5.41) is 7.14. The quantitative estimate of drug-likeness (QED) is 0.333. The Bertz CT molecular complexity index is 647. The lowest BCUT2D eigenvalue weighted by Gasteiger charge is -2.35. The van der Waals surface area contributed by atoms with Crippen LogP contribution in [0.3, 0.4) is 0 Å². The molecule has 5 nitrogen and oxygen atoms in total. The van der Waals surface area contributed by atoms with Gasteiger partial charge in [0.1, 0.15) is 0 Å². The first-order valence-electron chi connectivity index (χ1n) is 11.5. The number of guanidine groups is 1. The van der Waals surface area contributed by atoms with Crippen molar-refractivity contribution in [1.29, 1.82) is 0 Å². The Labute approximate surface area is 201 Å². The van der Waals surface area contributed by atoms with Crippen LogP contribution in [0.5, 0.6) is 0 Å². The second-order valence-corrected chi connectivity index (χ2v) is 9.25. The van der Waals surface area contributed by atoms with E-state index >= 15 is 0 Å². The number of benzene rings is 1. The number of likely N-dealkylation sites (tertiary alicyclic amines) is 2. The molecule has 3 rings (SSSR count). The number of nitrogens with zero attached hydrogens (tertiary/aromatic N) is 3. The van der Waals surface area contributed by atoms with Crippen molar-refractivity contribution in [2.75, 3.05) is 33.2 Å². The molecule has 0 radical (unpaired) electrons. The van der Waals surface area contributed by atoms with E-state index in [2.05, 4.69) is 70.5 Å². The molecule has 2 fully saturated rings. The number of piperidine rings is 2. The Hall–Kier alpha value is -0.860. The zero-order chi connectivity index (χ0) is 20.6. The molecule has 2 heterocycles. The van der Waals surface area contributed by atoms with Gasteiger partial charge in [-0.3, -0.25) is 9.89 Å². The summed E-state index contributed by atoms with van der Waals surface area (Å²) in [6, 6.07) is 10.2. The average molecular weight is 528 g/mol. The molecule has 2 N–H and O–H groups in total. The van der Waals surface area contributed by atoms with Crippen LogP contribution < -0.4 is 10.6 Å². The van der Waals surface area contributed by atoms with Crippen molar-refractivity contribution in [3.63, 3.8) is 0 Å². The zero-order valence-electron chi connectivity index (χ0n) is 19.4. The molecule has 0 spiro atoms. The number of hydrogen-bond acceptors (Lipinski definition) is 3. The molecule has 0 aromatic heterocycles. The Kier molecular flexibility index (Phi) is 10.9. The van der Waals surface area contributed by atoms with Gasteiger partial charge in [0, 0.05) is 45.3 Å². The van der Waals surface area contributed by atoms with Gasteiger partial charge < -0.3 is 15.5 Å². The highest BCUT2D eigenvalue weighted by molar-refractivity contribution is 14.0. The summed E-state index contributed by atoms with van der Waals surface area (Å²) in [7, 11) is 1.87. The third-order valence-corrected chi connectivity index (χ3v) is 6.56. The van der Waals surface area contributed by atoms with E-state index < -0.39 is 0 Å². The fourth-order valence-electron chi connectivity index (χ4n) is 4.45. The minimum Gasteiger partial charge on any atom is -0.354 e. The van der Waals surface area contributed by atoms with Gasteiger partial charge in [-0.1, -0.05) is 31.2 Å². The second kappa shape index (κ2) is 12.9. The molecular formula is C24H42IN5. The van der Waals surface area contributed by atoms with Crippen LogP contribution in [0, 0.1) is 5.92 Å². The molecule has 1 aromatic rings. The first-order chi connectivity index (χ1) is 14.0. The summed E-state index contributed by atoms with van der Waals surface area (Å²) in [5.41, 5.74) is 2.74. The van der Waals surface area contributed by atoms with E-state index in [9.17, 15) is 0 Å². The van der Waals surface area contributed by atoms with Crippen molar-refractivity contribution < 1.29 is 0 Å². The van der Waals surface area contributed by atoms with Gasteiger partial charge in [-0.2, -0.15) is 0 Å². The third-order valence-electron chi connectivity index (χ3n) is 6.56. The highest BCUT2D eigenvalue weighted by Gasteiger charge is 2.21. The van der Waals surface area contributed by atoms with Gasteiger partial charge in [0.2, 0.25) is 0 Å². The summed E-state index contributed by atoms with van der Waals surface area (Å²) < 4.78 is 0. The van der Waals surface area contributed by atoms with Gasteiger partial charge in [-0.05, 0) is 69.7 Å². The number of hydrogen-bond donors (Lipinski definition) is 2. The molecular weight excluding hydrogens is 485 g/mol. The lowest BCUT2D eigenvalue weighted by atomic mass is 9.98. The second-order valence-electron chi connectivity index (χ2n) is 9.25. The smallest absolute Gasteiger partial charge is 0.191 e. The van der Waals surface area contributed by atoms with Crippen LogP contribution in [0.1, 0.15) is 57.6 Å². The fourth-order valence-corrected chi connectivity index (χ4v) is 4.45. The highest BCUT2D eigenvalue weighted by atomic mass is 127. The van der Waals surface area contributed by atoms with E-state index in [1.54, 1.807) is 0 Å². The highest BCUT2D eigenvalue weighted by Crippen LogP contribution is 2.18. The standard InChI is InChI=1S/C24H41N5.HI/c1-19(2)29-14-10-23(11-15-29)27-24(25-4)26-17-21-6-5-7-22(16-21)18-28-12-8-20(3)9-13-28;/h5-7,16,19-20,23H,8-15,17-18H2,1-4H3,(H2,25,26,27);1H. The van der Waals surface area contributed by atoms with Crippen molar-refractivity contribution in [3.05, 3.63) is 35.4 Å². The van der Waals surface area contributed by atoms with Crippen molar-refractivity contribution in [1.82, 2.24) is 20.4 Å². The van der Waals surface area contributed by atoms with Crippen LogP contribution in [0.4, 0.5) is 0 Å². The lowest BCUT2D eigenvalue weighted by molar-refractivity contribution is 0.167. The summed E-state index contributed by atoms with van der Waals surface area (Å²) in [6.45, 7) is 13.6. The zero-order valence-corrected chi connectivity index (χ0v) is 21.7. The molecule has 0 aliphatic carbocycles. The van der Waals surface area contributed by atoms with Crippen LogP contribution in [-0.2, 0) is 13.1 Å². The van der Waals surface area contributed by atoms with E-state index in [1.807, 2.05) is 7.05 Å². The maximum absolute atomic E-state index is 4.45. The minimum absolute atomic E-state index is 0. The normalized spacial score (nSPS) is 20.2. The van der Waals surface area contributed by atoms with E-state index in [4.69, 9.17) is 0 Å². The number of aliphatic imine (C=N–C) groups is 1. The van der Waals surface area contributed by atoms with Gasteiger partial charge in [0.05, 0.1) is 0 Å². The van der Waals surface area contributed by atoms with Crippen LogP contribution in [0.25, 0.3) is 0 Å². The molecule has 30 heavy (non-hydrogen) atoms. The number of nitrogens with one attached hydrogen (secondary N) is 2. The molecule has 170 valence electrons. The van der Waals surface area contributed by atoms with Gasteiger partial charge in [-0.25, -0.2) is 0 Å². The summed E-state index contributed by atoms with van der Waals surface area (Å²) in [6.07, 6.45) is 5.03. The first-order valence-corrected chi connectivity index (χ1v) is 11.5. The minimum atomic E-state index is 0. The molecule has 0 amide bonds. The van der Waals surface area contributed by atoms with Gasteiger partial charge in [-0.15, -0.1) is 24.0 Å². The Balaban J connectivity index is 0.00000320. The van der Waals surface area contributed by atoms with Crippen molar-refractivity contribution in [3.8, 4) is 0 Å². The molecule has 2 aliphatic rings. The van der Waals surface area contributed by atoms with Crippen molar-refractivity contribution >= 4 is 29.9 Å². The monoisotopic (exact) mass is 527 g/mol. The van der Waals surface area contributed by atoms with Crippen LogP contribution >= 0.6 is 24.0 Å². The number of halogens is 1. The van der Waals surface area contributed by atoms with Crippen molar-refractivity contribution in [2.24, 2.45) is 10.9 Å². The van der Waals surface area contributed by atoms with E-state index in [-0.39, 0.29) is 24.0 Å². The maximum Gasteiger partial charge on any atom is 0.191 e. The van der Waals surface area contributed by atoms with E-state index in [0.717, 1.165) is 25.0 Å². The maximum atomic E-state index is 4.45. The Morgan fingerprint density at radius 3 is 2.37 bits per heavy atom. The Morgan fingerprint density at radius 2 is 1.73 bits per heavy atom. The SMILES string of the molecule is CN=C(NCc1cccc(CN2CCC(C)CC2)c1)NC1CCN(C(C)C)CC1.I. The molecule has 0 bridgehead atoms. The summed E-state index contributed by atoms with van der Waals surface area (Å²) in [4.78, 5) is 9.60. The first kappa shape index (κ1) is 25.4. The Morgan fingerprint density at radius 1 is 1.07 bits per heavy atom. The molecule has 2 saturated heterocycles. The molecule has 0 atom stereocenters. The molecule has 2 aliphatic heterocycles. The predicted octanol–water partition coefficient (Wildman–Crippen LogP) is 4.07. The van der Waals surface area contributed by atoms with E-state index in [1.165, 1.54) is 63.0 Å². The van der Waals surface area contributed by atoms with Gasteiger partial charge >= 0.3 is 0 Å². The van der Waals surface area contributed by atoms with Crippen LogP contribution in [0.15, 0.2) is 29.3 Å². The van der Waals surface area contributed by atoms with Crippen molar-refractivity contribution in [2.45, 2.75) is 71.6 Å². The van der Waals surface area contributed by atoms with Gasteiger partial charge in [0.15, 0.2) is 5.96 Å². The number of rotatable bonds is 6. The topological polar surface area (TPSA) is 42.9 Å². The largest absolute Gasteiger partial charge is 0.354 e.